The number of nitrogens with one attached hydrogen (secondary N) is 2. The molecule has 0 unspecified atom stereocenters. The number of benzene rings is 1. The van der Waals surface area contributed by atoms with Crippen molar-refractivity contribution in [3.8, 4) is 5.75 Å². The zero-order chi connectivity index (χ0) is 12.9. The summed E-state index contributed by atoms with van der Waals surface area (Å²) < 4.78 is 31.1. The first-order valence-electron chi connectivity index (χ1n) is 5.28. The smallest absolute Gasteiger partial charge is 0.234 e. The molecule has 1 rings (SSSR count). The van der Waals surface area contributed by atoms with Gasteiger partial charge in [-0.15, -0.1) is 0 Å². The van der Waals surface area contributed by atoms with Crippen molar-refractivity contribution in [1.82, 2.24) is 5.32 Å². The Morgan fingerprint density at radius 1 is 1.35 bits per heavy atom. The number of hydrogen-bond donors (Lipinski definition) is 2. The zero-order valence-corrected chi connectivity index (χ0v) is 11.1. The maximum Gasteiger partial charge on any atom is 0.234 e. The summed E-state index contributed by atoms with van der Waals surface area (Å²) >= 11 is 0. The molecular weight excluding hydrogens is 240 g/mol. The number of ether oxygens (including phenoxy) is 1. The minimum atomic E-state index is -3.34. The highest BCUT2D eigenvalue weighted by Gasteiger charge is 2.12. The molecule has 0 saturated carbocycles. The van der Waals surface area contributed by atoms with Crippen LogP contribution in [0.2, 0.25) is 0 Å². The summed E-state index contributed by atoms with van der Waals surface area (Å²) in [5.41, 5.74) is 1.45. The first-order valence-corrected chi connectivity index (χ1v) is 6.93. The molecule has 2 N–H and O–H groups in total. The molecule has 96 valence electrons. The molecule has 1 aromatic rings. The molecule has 0 aliphatic heterocycles. The number of aryl methyl sites for hydroxylation is 1. The van der Waals surface area contributed by atoms with E-state index in [4.69, 9.17) is 4.74 Å². The second-order valence-electron chi connectivity index (χ2n) is 3.73. The van der Waals surface area contributed by atoms with Gasteiger partial charge in [0, 0.05) is 6.54 Å². The van der Waals surface area contributed by atoms with Crippen molar-refractivity contribution in [3.63, 3.8) is 0 Å². The maximum atomic E-state index is 11.7. The number of hydrogen-bond acceptors (Lipinski definition) is 4. The Labute approximate surface area is 102 Å². The van der Waals surface area contributed by atoms with Crippen molar-refractivity contribution >= 4 is 15.7 Å². The summed E-state index contributed by atoms with van der Waals surface area (Å²) in [7, 11) is -0.118. The van der Waals surface area contributed by atoms with Crippen molar-refractivity contribution < 1.29 is 13.2 Å². The van der Waals surface area contributed by atoms with E-state index in [0.717, 1.165) is 5.56 Å². The molecule has 0 radical (unpaired) electrons. The van der Waals surface area contributed by atoms with E-state index in [1.165, 1.54) is 7.11 Å². The fraction of sp³-hybridized carbons (Fsp3) is 0.455. The van der Waals surface area contributed by atoms with Gasteiger partial charge in [0.05, 0.1) is 18.6 Å². The van der Waals surface area contributed by atoms with E-state index < -0.39 is 10.0 Å². The summed E-state index contributed by atoms with van der Waals surface area (Å²) in [6.45, 7) is 2.30. The molecule has 0 aliphatic rings. The minimum Gasteiger partial charge on any atom is -0.495 e. The Morgan fingerprint density at radius 3 is 2.65 bits per heavy atom. The molecule has 0 heterocycles. The highest BCUT2D eigenvalue weighted by molar-refractivity contribution is 7.92. The third kappa shape index (κ3) is 4.24. The SMILES string of the molecule is CNCCS(=O)(=O)Nc1cc(C)ccc1OC. The third-order valence-electron chi connectivity index (χ3n) is 2.24. The summed E-state index contributed by atoms with van der Waals surface area (Å²) in [4.78, 5) is 0. The predicted molar refractivity (Wildman–Crippen MR) is 69.1 cm³/mol. The Balaban J connectivity index is 2.90. The van der Waals surface area contributed by atoms with Gasteiger partial charge in [0.25, 0.3) is 0 Å². The fourth-order valence-corrected chi connectivity index (χ4v) is 2.43. The molecular formula is C11H18N2O3S. The van der Waals surface area contributed by atoms with E-state index in [0.29, 0.717) is 18.0 Å². The van der Waals surface area contributed by atoms with Crippen LogP contribution in [0.1, 0.15) is 5.56 Å². The second-order valence-corrected chi connectivity index (χ2v) is 5.57. The third-order valence-corrected chi connectivity index (χ3v) is 3.51. The van der Waals surface area contributed by atoms with Crippen LogP contribution in [0.4, 0.5) is 5.69 Å². The highest BCUT2D eigenvalue weighted by atomic mass is 32.2. The molecule has 5 nitrogen and oxygen atoms in total. The number of sulfonamides is 1. The van der Waals surface area contributed by atoms with E-state index in [2.05, 4.69) is 10.0 Å². The topological polar surface area (TPSA) is 67.4 Å². The predicted octanol–water partition coefficient (Wildman–Crippen LogP) is 0.965. The first kappa shape index (κ1) is 13.8. The van der Waals surface area contributed by atoms with Crippen molar-refractivity contribution in [2.75, 3.05) is 31.2 Å². The molecule has 0 bridgehead atoms. The van der Waals surface area contributed by atoms with Gasteiger partial charge in [-0.25, -0.2) is 8.42 Å². The molecule has 0 atom stereocenters. The van der Waals surface area contributed by atoms with Gasteiger partial charge in [0.2, 0.25) is 10.0 Å². The molecule has 0 amide bonds. The maximum absolute atomic E-state index is 11.7. The van der Waals surface area contributed by atoms with Crippen LogP contribution in [0.3, 0.4) is 0 Å². The monoisotopic (exact) mass is 258 g/mol. The van der Waals surface area contributed by atoms with Gasteiger partial charge in [0.15, 0.2) is 0 Å². The van der Waals surface area contributed by atoms with Gasteiger partial charge in [-0.3, -0.25) is 4.72 Å². The van der Waals surface area contributed by atoms with Gasteiger partial charge in [-0.05, 0) is 31.7 Å². The lowest BCUT2D eigenvalue weighted by Gasteiger charge is -2.12. The lowest BCUT2D eigenvalue weighted by Crippen LogP contribution is -2.24. The standard InChI is InChI=1S/C11H18N2O3S/c1-9-4-5-11(16-3)10(8-9)13-17(14,15)7-6-12-2/h4-5,8,12-13H,6-7H2,1-3H3. The normalized spacial score (nSPS) is 11.2. The Bertz CT molecular complexity index is 472. The van der Waals surface area contributed by atoms with Crippen LogP contribution in [0.25, 0.3) is 0 Å². The van der Waals surface area contributed by atoms with Crippen LogP contribution >= 0.6 is 0 Å². The number of rotatable bonds is 6. The lowest BCUT2D eigenvalue weighted by atomic mass is 10.2. The Kier molecular flexibility index (Phi) is 4.77. The molecule has 0 saturated heterocycles. The molecule has 6 heteroatoms. The minimum absolute atomic E-state index is 0.0284. The van der Waals surface area contributed by atoms with Gasteiger partial charge in [-0.1, -0.05) is 6.07 Å². The first-order chi connectivity index (χ1) is 7.98. The molecule has 0 spiro atoms. The molecule has 0 aliphatic carbocycles. The van der Waals surface area contributed by atoms with E-state index >= 15 is 0 Å². The average molecular weight is 258 g/mol. The fourth-order valence-electron chi connectivity index (χ4n) is 1.36. The van der Waals surface area contributed by atoms with Crippen molar-refractivity contribution in [3.05, 3.63) is 23.8 Å². The Morgan fingerprint density at radius 2 is 2.06 bits per heavy atom. The highest BCUT2D eigenvalue weighted by Crippen LogP contribution is 2.26. The zero-order valence-electron chi connectivity index (χ0n) is 10.3. The average Bonchev–Trinajstić information content (AvgIpc) is 2.26. The van der Waals surface area contributed by atoms with Crippen molar-refractivity contribution in [2.24, 2.45) is 0 Å². The lowest BCUT2D eigenvalue weighted by molar-refractivity contribution is 0.417. The van der Waals surface area contributed by atoms with Gasteiger partial charge in [-0.2, -0.15) is 0 Å². The van der Waals surface area contributed by atoms with Gasteiger partial charge in [0.1, 0.15) is 5.75 Å². The van der Waals surface area contributed by atoms with Gasteiger partial charge < -0.3 is 10.1 Å². The van der Waals surface area contributed by atoms with E-state index in [9.17, 15) is 8.42 Å². The quantitative estimate of drug-likeness (QED) is 0.797. The summed E-state index contributed by atoms with van der Waals surface area (Å²) in [6.07, 6.45) is 0. The van der Waals surface area contributed by atoms with Crippen LogP contribution in [0.5, 0.6) is 5.75 Å². The summed E-state index contributed by atoms with van der Waals surface area (Å²) in [6, 6.07) is 5.35. The van der Waals surface area contributed by atoms with E-state index in [-0.39, 0.29) is 5.75 Å². The molecule has 0 fully saturated rings. The summed E-state index contributed by atoms with van der Waals surface area (Å²) in [5.74, 6) is 0.546. The van der Waals surface area contributed by atoms with Crippen LogP contribution in [0.15, 0.2) is 18.2 Å². The van der Waals surface area contributed by atoms with E-state index in [1.807, 2.05) is 13.0 Å². The molecule has 1 aromatic carbocycles. The van der Waals surface area contributed by atoms with Gasteiger partial charge >= 0.3 is 0 Å². The molecule has 0 aromatic heterocycles. The molecule has 17 heavy (non-hydrogen) atoms. The largest absolute Gasteiger partial charge is 0.495 e. The van der Waals surface area contributed by atoms with Crippen LogP contribution < -0.4 is 14.8 Å². The number of methoxy groups -OCH3 is 1. The van der Waals surface area contributed by atoms with Crippen LogP contribution in [-0.2, 0) is 10.0 Å². The summed E-state index contributed by atoms with van der Waals surface area (Å²) in [5, 5.41) is 2.80. The van der Waals surface area contributed by atoms with Crippen molar-refractivity contribution in [1.29, 1.82) is 0 Å². The van der Waals surface area contributed by atoms with Crippen LogP contribution in [0, 0.1) is 6.92 Å². The Hall–Kier alpha value is -1.27. The number of anilines is 1. The van der Waals surface area contributed by atoms with Crippen molar-refractivity contribution in [2.45, 2.75) is 6.92 Å². The van der Waals surface area contributed by atoms with Crippen LogP contribution in [-0.4, -0.2) is 34.9 Å². The second kappa shape index (κ2) is 5.88. The van der Waals surface area contributed by atoms with E-state index in [1.54, 1.807) is 19.2 Å².